The number of nitrogens with zero attached hydrogens (tertiary/aromatic N) is 4. The number of alkyl halides is 3. The molecule has 2 aliphatic heterocycles. The molecule has 38 heavy (non-hydrogen) atoms. The van der Waals surface area contributed by atoms with Gasteiger partial charge in [-0.05, 0) is 42.4 Å². The van der Waals surface area contributed by atoms with Gasteiger partial charge in [-0.1, -0.05) is 35.3 Å². The molecule has 0 saturated carbocycles. The van der Waals surface area contributed by atoms with Gasteiger partial charge >= 0.3 is 12.2 Å². The summed E-state index contributed by atoms with van der Waals surface area (Å²) in [5.41, 5.74) is -0.0531. The SMILES string of the molecule is CC(=O)N1CCN(C(=O)N2C[C@H](c3ccc(Cl)c(Cl)c3)[C@H](N(C)Cc3ccc(C(F)(F)F)c(F)c3)C2)CC1. The standard InChI is InChI=1S/C26H28Cl2F4N4O2/c1-16(37)34-7-9-35(10-8-34)25(38)36-14-19(18-4-6-21(27)22(28)12-18)24(15-36)33(2)13-17-3-5-20(23(29)11-17)26(30,31)32/h3-6,11-12,19,24H,7-10,13-15H2,1-2H3/t19-,24-/m1/s1. The number of halogens is 6. The average Bonchev–Trinajstić information content (AvgIpc) is 3.30. The van der Waals surface area contributed by atoms with Gasteiger partial charge in [0.05, 0.1) is 15.6 Å². The fourth-order valence-corrected chi connectivity index (χ4v) is 5.47. The molecule has 2 aromatic carbocycles. The predicted molar refractivity (Wildman–Crippen MR) is 137 cm³/mol. The predicted octanol–water partition coefficient (Wildman–Crippen LogP) is 5.34. The zero-order valence-corrected chi connectivity index (χ0v) is 22.5. The Labute approximate surface area is 228 Å². The second-order valence-electron chi connectivity index (χ2n) is 9.76. The molecule has 0 aromatic heterocycles. The monoisotopic (exact) mass is 574 g/mol. The number of benzene rings is 2. The maximum absolute atomic E-state index is 14.2. The largest absolute Gasteiger partial charge is 0.419 e. The van der Waals surface area contributed by atoms with Gasteiger partial charge in [-0.2, -0.15) is 13.2 Å². The van der Waals surface area contributed by atoms with E-state index in [1.165, 1.54) is 13.0 Å². The first-order valence-electron chi connectivity index (χ1n) is 12.2. The highest BCUT2D eigenvalue weighted by molar-refractivity contribution is 6.42. The molecule has 0 aliphatic carbocycles. The molecule has 2 atom stereocenters. The van der Waals surface area contributed by atoms with Gasteiger partial charge in [-0.15, -0.1) is 0 Å². The molecule has 0 radical (unpaired) electrons. The van der Waals surface area contributed by atoms with E-state index in [4.69, 9.17) is 23.2 Å². The second kappa shape index (κ2) is 11.3. The lowest BCUT2D eigenvalue weighted by molar-refractivity contribution is -0.140. The Balaban J connectivity index is 1.54. The fourth-order valence-electron chi connectivity index (χ4n) is 5.16. The molecule has 0 bridgehead atoms. The fraction of sp³-hybridized carbons (Fsp3) is 0.462. The van der Waals surface area contributed by atoms with Crippen LogP contribution in [0.5, 0.6) is 0 Å². The van der Waals surface area contributed by atoms with Crippen molar-refractivity contribution in [1.82, 2.24) is 19.6 Å². The molecule has 0 spiro atoms. The number of urea groups is 1. The van der Waals surface area contributed by atoms with Crippen LogP contribution in [0.2, 0.25) is 10.0 Å². The van der Waals surface area contributed by atoms with Gasteiger partial charge < -0.3 is 14.7 Å². The van der Waals surface area contributed by atoms with E-state index in [-0.39, 0.29) is 30.4 Å². The van der Waals surface area contributed by atoms with E-state index in [2.05, 4.69) is 0 Å². The number of rotatable bonds is 4. The Bertz CT molecular complexity index is 1200. The number of carbonyl (C=O) groups excluding carboxylic acids is 2. The topological polar surface area (TPSA) is 47.1 Å². The summed E-state index contributed by atoms with van der Waals surface area (Å²) >= 11 is 12.4. The van der Waals surface area contributed by atoms with E-state index in [1.807, 2.05) is 11.0 Å². The molecule has 2 heterocycles. The minimum absolute atomic E-state index is 0.0284. The van der Waals surface area contributed by atoms with Crippen LogP contribution in [0.1, 0.15) is 29.5 Å². The maximum atomic E-state index is 14.2. The van der Waals surface area contributed by atoms with Crippen molar-refractivity contribution in [2.75, 3.05) is 46.3 Å². The van der Waals surface area contributed by atoms with Crippen molar-refractivity contribution in [1.29, 1.82) is 0 Å². The van der Waals surface area contributed by atoms with Crippen LogP contribution in [0, 0.1) is 5.82 Å². The van der Waals surface area contributed by atoms with Gasteiger partial charge in [-0.25, -0.2) is 9.18 Å². The summed E-state index contributed by atoms with van der Waals surface area (Å²) in [5.74, 6) is -1.52. The third-order valence-electron chi connectivity index (χ3n) is 7.26. The number of hydrogen-bond acceptors (Lipinski definition) is 3. The molecule has 12 heteroatoms. The van der Waals surface area contributed by atoms with Crippen LogP contribution in [0.15, 0.2) is 36.4 Å². The average molecular weight is 575 g/mol. The summed E-state index contributed by atoms with van der Waals surface area (Å²) in [6, 6.07) is 7.84. The van der Waals surface area contributed by atoms with Crippen molar-refractivity contribution >= 4 is 35.1 Å². The van der Waals surface area contributed by atoms with Crippen molar-refractivity contribution < 1.29 is 27.2 Å². The third kappa shape index (κ3) is 6.18. The van der Waals surface area contributed by atoms with Crippen molar-refractivity contribution in [3.05, 3.63) is 69.0 Å². The third-order valence-corrected chi connectivity index (χ3v) is 8.00. The van der Waals surface area contributed by atoms with Crippen LogP contribution in [-0.4, -0.2) is 83.9 Å². The van der Waals surface area contributed by atoms with Gasteiger partial charge in [-0.3, -0.25) is 9.69 Å². The molecule has 2 aromatic rings. The molecule has 0 unspecified atom stereocenters. The van der Waals surface area contributed by atoms with Crippen molar-refractivity contribution in [2.24, 2.45) is 0 Å². The Morgan fingerprint density at radius 1 is 0.947 bits per heavy atom. The van der Waals surface area contributed by atoms with Crippen LogP contribution in [-0.2, 0) is 17.5 Å². The smallest absolute Gasteiger partial charge is 0.339 e. The van der Waals surface area contributed by atoms with Gasteiger partial charge in [0.25, 0.3) is 0 Å². The molecule has 206 valence electrons. The van der Waals surface area contributed by atoms with Crippen molar-refractivity contribution in [3.8, 4) is 0 Å². The van der Waals surface area contributed by atoms with Crippen molar-refractivity contribution in [3.63, 3.8) is 0 Å². The molecule has 4 rings (SSSR count). The zero-order chi connectivity index (χ0) is 27.8. The normalized spacial score (nSPS) is 20.4. The summed E-state index contributed by atoms with van der Waals surface area (Å²) in [6.45, 7) is 4.22. The molecule has 0 N–H and O–H groups in total. The molecule has 3 amide bonds. The lowest BCUT2D eigenvalue weighted by Crippen LogP contribution is -2.53. The highest BCUT2D eigenvalue weighted by Gasteiger charge is 2.41. The number of likely N-dealkylation sites (N-methyl/N-ethyl adjacent to an activating group) is 1. The van der Waals surface area contributed by atoms with Gasteiger partial charge in [0.15, 0.2) is 0 Å². The Hall–Kier alpha value is -2.56. The van der Waals surface area contributed by atoms with Gasteiger partial charge in [0, 0.05) is 64.7 Å². The molecular formula is C26H28Cl2F4N4O2. The number of amides is 3. The van der Waals surface area contributed by atoms with Crippen LogP contribution in [0.3, 0.4) is 0 Å². The van der Waals surface area contributed by atoms with E-state index >= 15 is 0 Å². The highest BCUT2D eigenvalue weighted by atomic mass is 35.5. The first-order valence-corrected chi connectivity index (χ1v) is 12.9. The summed E-state index contributed by atoms with van der Waals surface area (Å²) in [4.78, 5) is 32.1. The Morgan fingerprint density at radius 2 is 1.61 bits per heavy atom. The quantitative estimate of drug-likeness (QED) is 0.463. The maximum Gasteiger partial charge on any atom is 0.419 e. The van der Waals surface area contributed by atoms with Crippen LogP contribution in [0.4, 0.5) is 22.4 Å². The molecule has 2 fully saturated rings. The van der Waals surface area contributed by atoms with Gasteiger partial charge in [0.2, 0.25) is 5.91 Å². The van der Waals surface area contributed by atoms with Gasteiger partial charge in [0.1, 0.15) is 5.82 Å². The van der Waals surface area contributed by atoms with E-state index < -0.39 is 17.6 Å². The molecular weight excluding hydrogens is 547 g/mol. The van der Waals surface area contributed by atoms with E-state index in [0.29, 0.717) is 54.9 Å². The summed E-state index contributed by atoms with van der Waals surface area (Å²) < 4.78 is 53.2. The summed E-state index contributed by atoms with van der Waals surface area (Å²) in [6.07, 6.45) is -4.77. The molecule has 2 saturated heterocycles. The Morgan fingerprint density at radius 3 is 2.18 bits per heavy atom. The summed E-state index contributed by atoms with van der Waals surface area (Å²) in [5, 5.41) is 0.773. The minimum atomic E-state index is -4.77. The lowest BCUT2D eigenvalue weighted by atomic mass is 9.93. The second-order valence-corrected chi connectivity index (χ2v) is 10.6. The zero-order valence-electron chi connectivity index (χ0n) is 20.9. The Kier molecular flexibility index (Phi) is 8.44. The molecule has 2 aliphatic rings. The van der Waals surface area contributed by atoms with E-state index in [0.717, 1.165) is 17.7 Å². The number of hydrogen-bond donors (Lipinski definition) is 0. The van der Waals surface area contributed by atoms with Crippen LogP contribution in [0.25, 0.3) is 0 Å². The van der Waals surface area contributed by atoms with E-state index in [1.54, 1.807) is 33.9 Å². The lowest BCUT2D eigenvalue weighted by Gasteiger charge is -2.36. The van der Waals surface area contributed by atoms with Crippen LogP contribution < -0.4 is 0 Å². The highest BCUT2D eigenvalue weighted by Crippen LogP contribution is 2.36. The number of piperazine rings is 1. The van der Waals surface area contributed by atoms with Crippen LogP contribution >= 0.6 is 23.2 Å². The van der Waals surface area contributed by atoms with E-state index in [9.17, 15) is 27.2 Å². The number of likely N-dealkylation sites (tertiary alicyclic amines) is 1. The minimum Gasteiger partial charge on any atom is -0.339 e. The summed E-state index contributed by atoms with van der Waals surface area (Å²) in [7, 11) is 1.80. The van der Waals surface area contributed by atoms with Crippen molar-refractivity contribution in [2.45, 2.75) is 31.6 Å². The molecule has 6 nitrogen and oxygen atoms in total. The number of carbonyl (C=O) groups is 2. The first-order chi connectivity index (χ1) is 17.8. The first kappa shape index (κ1) is 28.4.